The molecule has 0 aromatic heterocycles. The molecule has 0 bridgehead atoms. The molecular weight excluding hydrogens is 326 g/mol. The Labute approximate surface area is 127 Å². The maximum atomic E-state index is 10.6. The summed E-state index contributed by atoms with van der Waals surface area (Å²) in [5, 5.41) is 13.9. The SMILES string of the molecule is CN(C)CCOCCNCc1ccc([N+](=O)[O-])cc1Br. The van der Waals surface area contributed by atoms with Crippen molar-refractivity contribution in [3.63, 3.8) is 0 Å². The van der Waals surface area contributed by atoms with Gasteiger partial charge in [-0.05, 0) is 25.7 Å². The van der Waals surface area contributed by atoms with Crippen molar-refractivity contribution >= 4 is 21.6 Å². The van der Waals surface area contributed by atoms with Crippen molar-refractivity contribution in [2.45, 2.75) is 6.54 Å². The van der Waals surface area contributed by atoms with Crippen LogP contribution < -0.4 is 5.32 Å². The standard InChI is InChI=1S/C13H20BrN3O3/c1-16(2)6-8-20-7-5-15-10-11-3-4-12(17(18)19)9-13(11)14/h3-4,9,15H,5-8,10H2,1-2H3. The van der Waals surface area contributed by atoms with Crippen LogP contribution in [-0.4, -0.2) is 50.2 Å². The maximum absolute atomic E-state index is 10.6. The molecule has 0 amide bonds. The van der Waals surface area contributed by atoms with E-state index in [4.69, 9.17) is 4.74 Å². The highest BCUT2D eigenvalue weighted by molar-refractivity contribution is 9.10. The van der Waals surface area contributed by atoms with E-state index in [1.54, 1.807) is 6.07 Å². The second-order valence-corrected chi connectivity index (χ2v) is 5.48. The molecule has 0 aliphatic rings. The second-order valence-electron chi connectivity index (χ2n) is 4.63. The number of likely N-dealkylation sites (N-methyl/N-ethyl adjacent to an activating group) is 1. The summed E-state index contributed by atoms with van der Waals surface area (Å²) >= 11 is 3.34. The molecule has 0 unspecified atom stereocenters. The Balaban J connectivity index is 2.24. The minimum Gasteiger partial charge on any atom is -0.379 e. The normalized spacial score (nSPS) is 11.0. The molecule has 20 heavy (non-hydrogen) atoms. The van der Waals surface area contributed by atoms with E-state index < -0.39 is 4.92 Å². The van der Waals surface area contributed by atoms with E-state index in [0.717, 1.165) is 29.7 Å². The number of benzene rings is 1. The highest BCUT2D eigenvalue weighted by Gasteiger charge is 2.08. The highest BCUT2D eigenvalue weighted by atomic mass is 79.9. The molecule has 1 aromatic rings. The average Bonchev–Trinajstić information content (AvgIpc) is 2.38. The van der Waals surface area contributed by atoms with Crippen LogP contribution in [0.15, 0.2) is 22.7 Å². The van der Waals surface area contributed by atoms with Crippen LogP contribution in [-0.2, 0) is 11.3 Å². The molecule has 0 fully saturated rings. The Bertz CT molecular complexity index is 441. The largest absolute Gasteiger partial charge is 0.379 e. The molecule has 1 rings (SSSR count). The van der Waals surface area contributed by atoms with Gasteiger partial charge < -0.3 is 15.0 Å². The quantitative estimate of drug-likeness (QED) is 0.421. The molecule has 1 aromatic carbocycles. The number of nitrogens with zero attached hydrogens (tertiary/aromatic N) is 2. The van der Waals surface area contributed by atoms with E-state index in [-0.39, 0.29) is 5.69 Å². The van der Waals surface area contributed by atoms with Crippen LogP contribution in [0.25, 0.3) is 0 Å². The molecule has 0 saturated heterocycles. The first-order valence-corrected chi connectivity index (χ1v) is 7.16. The lowest BCUT2D eigenvalue weighted by Gasteiger charge is -2.10. The van der Waals surface area contributed by atoms with Gasteiger partial charge >= 0.3 is 0 Å². The third-order valence-electron chi connectivity index (χ3n) is 2.67. The van der Waals surface area contributed by atoms with Gasteiger partial charge in [0.25, 0.3) is 5.69 Å². The zero-order valence-corrected chi connectivity index (χ0v) is 13.4. The van der Waals surface area contributed by atoms with Crippen LogP contribution in [0.2, 0.25) is 0 Å². The van der Waals surface area contributed by atoms with Gasteiger partial charge in [-0.2, -0.15) is 0 Å². The van der Waals surface area contributed by atoms with Crippen molar-refractivity contribution in [3.05, 3.63) is 38.3 Å². The molecule has 0 heterocycles. The molecule has 0 saturated carbocycles. The summed E-state index contributed by atoms with van der Waals surface area (Å²) in [6, 6.07) is 4.78. The lowest BCUT2D eigenvalue weighted by Crippen LogP contribution is -2.23. The number of ether oxygens (including phenoxy) is 1. The topological polar surface area (TPSA) is 67.6 Å². The van der Waals surface area contributed by atoms with Gasteiger partial charge in [0.2, 0.25) is 0 Å². The fraction of sp³-hybridized carbons (Fsp3) is 0.538. The number of nitrogens with one attached hydrogen (secondary N) is 1. The van der Waals surface area contributed by atoms with Crippen molar-refractivity contribution < 1.29 is 9.66 Å². The van der Waals surface area contributed by atoms with E-state index in [0.29, 0.717) is 13.2 Å². The fourth-order valence-electron chi connectivity index (χ4n) is 1.51. The van der Waals surface area contributed by atoms with Gasteiger partial charge in [0.1, 0.15) is 0 Å². The van der Waals surface area contributed by atoms with Gasteiger partial charge in [0.15, 0.2) is 0 Å². The zero-order valence-electron chi connectivity index (χ0n) is 11.8. The molecule has 0 radical (unpaired) electrons. The summed E-state index contributed by atoms with van der Waals surface area (Å²) < 4.78 is 6.20. The highest BCUT2D eigenvalue weighted by Crippen LogP contribution is 2.22. The van der Waals surface area contributed by atoms with E-state index in [1.807, 2.05) is 14.1 Å². The van der Waals surface area contributed by atoms with E-state index >= 15 is 0 Å². The summed E-state index contributed by atoms with van der Waals surface area (Å²) in [7, 11) is 4.02. The van der Waals surface area contributed by atoms with Gasteiger partial charge in [0.05, 0.1) is 18.1 Å². The number of non-ortho nitro benzene ring substituents is 1. The monoisotopic (exact) mass is 345 g/mol. The van der Waals surface area contributed by atoms with Crippen molar-refractivity contribution in [3.8, 4) is 0 Å². The van der Waals surface area contributed by atoms with Crippen LogP contribution in [0.3, 0.4) is 0 Å². The molecule has 112 valence electrons. The van der Waals surface area contributed by atoms with Crippen LogP contribution in [0, 0.1) is 10.1 Å². The smallest absolute Gasteiger partial charge is 0.270 e. The van der Waals surface area contributed by atoms with Crippen molar-refractivity contribution in [2.75, 3.05) is 40.4 Å². The molecule has 0 spiro atoms. The van der Waals surface area contributed by atoms with E-state index in [9.17, 15) is 10.1 Å². The van der Waals surface area contributed by atoms with Gasteiger partial charge in [-0.1, -0.05) is 15.9 Å². The number of hydrogen-bond donors (Lipinski definition) is 1. The van der Waals surface area contributed by atoms with Crippen LogP contribution in [0.4, 0.5) is 5.69 Å². The van der Waals surface area contributed by atoms with Gasteiger partial charge in [0, 0.05) is 36.2 Å². The number of halogens is 1. The summed E-state index contributed by atoms with van der Waals surface area (Å²) in [5.74, 6) is 0. The first-order valence-electron chi connectivity index (χ1n) is 6.36. The molecule has 7 heteroatoms. The lowest BCUT2D eigenvalue weighted by molar-refractivity contribution is -0.384. The Morgan fingerprint density at radius 3 is 2.75 bits per heavy atom. The zero-order chi connectivity index (χ0) is 15.0. The minimum absolute atomic E-state index is 0.0904. The van der Waals surface area contributed by atoms with Gasteiger partial charge in [-0.3, -0.25) is 10.1 Å². The van der Waals surface area contributed by atoms with Crippen LogP contribution in [0.1, 0.15) is 5.56 Å². The van der Waals surface area contributed by atoms with Crippen LogP contribution >= 0.6 is 15.9 Å². The van der Waals surface area contributed by atoms with Crippen molar-refractivity contribution in [1.82, 2.24) is 10.2 Å². The maximum Gasteiger partial charge on any atom is 0.270 e. The predicted molar refractivity (Wildman–Crippen MR) is 81.9 cm³/mol. The molecule has 0 atom stereocenters. The van der Waals surface area contributed by atoms with Crippen molar-refractivity contribution in [1.29, 1.82) is 0 Å². The Morgan fingerprint density at radius 1 is 1.40 bits per heavy atom. The first kappa shape index (κ1) is 17.0. The van der Waals surface area contributed by atoms with E-state index in [1.165, 1.54) is 12.1 Å². The van der Waals surface area contributed by atoms with E-state index in [2.05, 4.69) is 26.1 Å². The Hall–Kier alpha value is -1.02. The summed E-state index contributed by atoms with van der Waals surface area (Å²) in [4.78, 5) is 12.3. The molecular formula is C13H20BrN3O3. The summed E-state index contributed by atoms with van der Waals surface area (Å²) in [6.45, 7) is 3.68. The number of hydrogen-bond acceptors (Lipinski definition) is 5. The van der Waals surface area contributed by atoms with Gasteiger partial charge in [-0.25, -0.2) is 0 Å². The second kappa shape index (κ2) is 9.02. The van der Waals surface area contributed by atoms with Crippen LogP contribution in [0.5, 0.6) is 0 Å². The minimum atomic E-state index is -0.402. The lowest BCUT2D eigenvalue weighted by atomic mass is 10.2. The molecule has 6 nitrogen and oxygen atoms in total. The molecule has 1 N–H and O–H groups in total. The number of nitro benzene ring substituents is 1. The summed E-state index contributed by atoms with van der Waals surface area (Å²) in [5.41, 5.74) is 1.08. The van der Waals surface area contributed by atoms with Crippen molar-refractivity contribution in [2.24, 2.45) is 0 Å². The Morgan fingerprint density at radius 2 is 2.15 bits per heavy atom. The third-order valence-corrected chi connectivity index (χ3v) is 3.41. The third kappa shape index (κ3) is 6.42. The molecule has 0 aliphatic carbocycles. The Kier molecular flexibility index (Phi) is 7.68. The fourth-order valence-corrected chi connectivity index (χ4v) is 2.02. The number of nitro groups is 1. The molecule has 0 aliphatic heterocycles. The first-order chi connectivity index (χ1) is 9.50. The number of rotatable bonds is 9. The van der Waals surface area contributed by atoms with Gasteiger partial charge in [-0.15, -0.1) is 0 Å². The summed E-state index contributed by atoms with van der Waals surface area (Å²) in [6.07, 6.45) is 0. The average molecular weight is 346 g/mol. The predicted octanol–water partition coefficient (Wildman–Crippen LogP) is 2.03.